The van der Waals surface area contributed by atoms with Crippen LogP contribution in [0.5, 0.6) is 11.5 Å². The summed E-state index contributed by atoms with van der Waals surface area (Å²) in [6.07, 6.45) is 1.69. The first-order chi connectivity index (χ1) is 14.9. The minimum absolute atomic E-state index is 0.0931. The van der Waals surface area contributed by atoms with E-state index in [1.54, 1.807) is 42.6 Å². The highest BCUT2D eigenvalue weighted by atomic mass is 16.5. The third-order valence-electron chi connectivity index (χ3n) is 4.73. The summed E-state index contributed by atoms with van der Waals surface area (Å²) in [5.74, 6) is 0.952. The maximum Gasteiger partial charge on any atom is 0.121 e. The Hall–Kier alpha value is -3.96. The number of nitrogen functional groups attached to an aromatic ring is 1. The first-order valence-electron chi connectivity index (χ1n) is 9.61. The highest BCUT2D eigenvalue weighted by molar-refractivity contribution is 6.14. The Balaban J connectivity index is 1.88. The van der Waals surface area contributed by atoms with Gasteiger partial charge in [-0.3, -0.25) is 5.41 Å². The number of nitrogens with one attached hydrogen (secondary N) is 1. The highest BCUT2D eigenvalue weighted by Crippen LogP contribution is 2.26. The van der Waals surface area contributed by atoms with Crippen LogP contribution in [-0.4, -0.2) is 34.2 Å². The van der Waals surface area contributed by atoms with E-state index in [2.05, 4.69) is 16.3 Å². The molecule has 0 amide bonds. The molecule has 0 spiro atoms. The number of aromatic nitrogens is 2. The van der Waals surface area contributed by atoms with Crippen molar-refractivity contribution >= 4 is 11.4 Å². The summed E-state index contributed by atoms with van der Waals surface area (Å²) >= 11 is 0. The highest BCUT2D eigenvalue weighted by Gasteiger charge is 2.14. The first kappa shape index (κ1) is 21.7. The van der Waals surface area contributed by atoms with Crippen molar-refractivity contribution in [3.05, 3.63) is 76.1 Å². The van der Waals surface area contributed by atoms with Crippen molar-refractivity contribution in [3.63, 3.8) is 0 Å². The van der Waals surface area contributed by atoms with Gasteiger partial charge in [-0.1, -0.05) is 0 Å². The van der Waals surface area contributed by atoms with Gasteiger partial charge in [-0.05, 0) is 55.8 Å². The van der Waals surface area contributed by atoms with Crippen molar-refractivity contribution in [2.75, 3.05) is 18.9 Å². The molecule has 1 aromatic heterocycles. The number of hydrogen-bond acceptors (Lipinski definition) is 8. The third kappa shape index (κ3) is 5.15. The largest absolute Gasteiger partial charge is 0.491 e. The Labute approximate surface area is 180 Å². The maximum atomic E-state index is 9.31. The Morgan fingerprint density at radius 3 is 2.68 bits per heavy atom. The zero-order valence-corrected chi connectivity index (χ0v) is 17.3. The molecule has 2 aromatic carbocycles. The van der Waals surface area contributed by atoms with Crippen LogP contribution in [0.15, 0.2) is 42.6 Å². The molecule has 8 nitrogen and oxygen atoms in total. The number of aliphatic hydroxyl groups is 1. The van der Waals surface area contributed by atoms with Crippen molar-refractivity contribution in [3.8, 4) is 17.6 Å². The average molecular weight is 417 g/mol. The molecular weight excluding hydrogens is 394 g/mol. The molecule has 4 N–H and O–H groups in total. The lowest BCUT2D eigenvalue weighted by Gasteiger charge is -2.14. The minimum Gasteiger partial charge on any atom is -0.491 e. The Kier molecular flexibility index (Phi) is 6.80. The molecular formula is C23H23N5O3. The number of benzene rings is 2. The van der Waals surface area contributed by atoms with Crippen molar-refractivity contribution in [2.45, 2.75) is 20.5 Å². The van der Waals surface area contributed by atoms with E-state index in [0.717, 1.165) is 16.8 Å². The lowest BCUT2D eigenvalue weighted by molar-refractivity contribution is 0.201. The predicted molar refractivity (Wildman–Crippen MR) is 116 cm³/mol. The van der Waals surface area contributed by atoms with Gasteiger partial charge in [0.2, 0.25) is 0 Å². The van der Waals surface area contributed by atoms with E-state index in [1.807, 2.05) is 13.8 Å². The maximum absolute atomic E-state index is 9.31. The zero-order chi connectivity index (χ0) is 22.4. The Morgan fingerprint density at radius 1 is 1.16 bits per heavy atom. The van der Waals surface area contributed by atoms with Gasteiger partial charge in [0.1, 0.15) is 24.7 Å². The lowest BCUT2D eigenvalue weighted by atomic mass is 9.98. The second-order valence-corrected chi connectivity index (χ2v) is 6.93. The van der Waals surface area contributed by atoms with Gasteiger partial charge in [0.15, 0.2) is 0 Å². The molecule has 0 fully saturated rings. The fraction of sp³-hybridized carbons (Fsp3) is 0.217. The van der Waals surface area contributed by atoms with Crippen molar-refractivity contribution in [1.82, 2.24) is 10.2 Å². The number of nitriles is 1. The standard InChI is InChI=1S/C23H23N5O3/c1-14-12-27-28-15(2)21(14)13-31-18-3-4-22(25)20(10-18)23(26)17-7-16(11-24)8-19(9-17)30-6-5-29/h3-4,7-10,12,26,29H,5-6,13,25H2,1-2H3. The van der Waals surface area contributed by atoms with Gasteiger partial charge in [-0.15, -0.1) is 0 Å². The molecule has 0 saturated heterocycles. The number of hydrogen-bond donors (Lipinski definition) is 3. The molecule has 0 atom stereocenters. The van der Waals surface area contributed by atoms with Gasteiger partial charge in [0.25, 0.3) is 0 Å². The predicted octanol–water partition coefficient (Wildman–Crippen LogP) is 2.91. The molecule has 0 aliphatic carbocycles. The van der Waals surface area contributed by atoms with Crippen LogP contribution in [0.3, 0.4) is 0 Å². The molecule has 0 bridgehead atoms. The summed E-state index contributed by atoms with van der Waals surface area (Å²) in [6, 6.07) is 12.0. The van der Waals surface area contributed by atoms with Crippen LogP contribution < -0.4 is 15.2 Å². The second kappa shape index (κ2) is 9.69. The smallest absolute Gasteiger partial charge is 0.121 e. The van der Waals surface area contributed by atoms with Crippen molar-refractivity contribution < 1.29 is 14.6 Å². The molecule has 0 unspecified atom stereocenters. The number of nitrogens with two attached hydrogens (primary N) is 1. The molecule has 8 heteroatoms. The van der Waals surface area contributed by atoms with Crippen molar-refractivity contribution in [2.24, 2.45) is 0 Å². The number of anilines is 1. The zero-order valence-electron chi connectivity index (χ0n) is 17.3. The van der Waals surface area contributed by atoms with Gasteiger partial charge in [0.05, 0.1) is 35.8 Å². The van der Waals surface area contributed by atoms with E-state index < -0.39 is 0 Å². The molecule has 3 rings (SSSR count). The summed E-state index contributed by atoms with van der Waals surface area (Å²) in [4.78, 5) is 0. The van der Waals surface area contributed by atoms with Gasteiger partial charge < -0.3 is 20.3 Å². The van der Waals surface area contributed by atoms with Gasteiger partial charge >= 0.3 is 0 Å². The van der Waals surface area contributed by atoms with Crippen LogP contribution in [0.2, 0.25) is 0 Å². The molecule has 31 heavy (non-hydrogen) atoms. The third-order valence-corrected chi connectivity index (χ3v) is 4.73. The number of rotatable bonds is 8. The van der Waals surface area contributed by atoms with Crippen LogP contribution >= 0.6 is 0 Å². The molecule has 0 saturated carbocycles. The van der Waals surface area contributed by atoms with Crippen LogP contribution in [0.25, 0.3) is 0 Å². The summed E-state index contributed by atoms with van der Waals surface area (Å²) in [7, 11) is 0. The lowest BCUT2D eigenvalue weighted by Crippen LogP contribution is -2.09. The van der Waals surface area contributed by atoms with E-state index in [4.69, 9.17) is 25.7 Å². The van der Waals surface area contributed by atoms with Gasteiger partial charge in [-0.25, -0.2) is 0 Å². The number of aryl methyl sites for hydroxylation is 2. The normalized spacial score (nSPS) is 10.4. The summed E-state index contributed by atoms with van der Waals surface area (Å²) in [6.45, 7) is 4.08. The van der Waals surface area contributed by atoms with Gasteiger partial charge in [-0.2, -0.15) is 15.5 Å². The van der Waals surface area contributed by atoms with Crippen LogP contribution in [0.4, 0.5) is 5.69 Å². The SMILES string of the molecule is Cc1cnnc(C)c1COc1ccc(N)c(C(=N)c2cc(C#N)cc(OCCO)c2)c1. The fourth-order valence-corrected chi connectivity index (χ4v) is 3.05. The van der Waals surface area contributed by atoms with E-state index >= 15 is 0 Å². The van der Waals surface area contributed by atoms with Crippen molar-refractivity contribution in [1.29, 1.82) is 10.7 Å². The summed E-state index contributed by atoms with van der Waals surface area (Å²) in [5, 5.41) is 34.9. The molecule has 1 heterocycles. The molecule has 158 valence electrons. The average Bonchev–Trinajstić information content (AvgIpc) is 2.77. The molecule has 3 aromatic rings. The van der Waals surface area contributed by atoms with Crippen LogP contribution in [0, 0.1) is 30.6 Å². The number of nitrogens with zero attached hydrogens (tertiary/aromatic N) is 3. The molecule has 0 aliphatic heterocycles. The monoisotopic (exact) mass is 417 g/mol. The number of aliphatic hydroxyl groups excluding tert-OH is 1. The quantitative estimate of drug-likeness (QED) is 0.378. The topological polar surface area (TPSA) is 138 Å². The number of ether oxygens (including phenoxy) is 2. The van der Waals surface area contributed by atoms with Gasteiger partial charge in [0, 0.05) is 22.4 Å². The molecule has 0 radical (unpaired) electrons. The van der Waals surface area contributed by atoms with E-state index in [0.29, 0.717) is 40.5 Å². The Morgan fingerprint density at radius 2 is 1.97 bits per heavy atom. The molecule has 0 aliphatic rings. The Bertz CT molecular complexity index is 1130. The van der Waals surface area contributed by atoms with Crippen LogP contribution in [0.1, 0.15) is 33.5 Å². The van der Waals surface area contributed by atoms with E-state index in [-0.39, 0.29) is 18.9 Å². The summed E-state index contributed by atoms with van der Waals surface area (Å²) < 4.78 is 11.4. The van der Waals surface area contributed by atoms with E-state index in [9.17, 15) is 5.26 Å². The second-order valence-electron chi connectivity index (χ2n) is 6.93. The fourth-order valence-electron chi connectivity index (χ4n) is 3.05. The van der Waals surface area contributed by atoms with E-state index in [1.165, 1.54) is 0 Å². The minimum atomic E-state index is -0.151. The van der Waals surface area contributed by atoms with Crippen LogP contribution in [-0.2, 0) is 6.61 Å². The first-order valence-corrected chi connectivity index (χ1v) is 9.61. The summed E-state index contributed by atoms with van der Waals surface area (Å²) in [5.41, 5.74) is 10.7.